The zero-order valence-electron chi connectivity index (χ0n) is 12.2. The van der Waals surface area contributed by atoms with Crippen molar-refractivity contribution in [1.29, 1.82) is 0 Å². The van der Waals surface area contributed by atoms with E-state index >= 15 is 0 Å². The van der Waals surface area contributed by atoms with E-state index in [1.807, 2.05) is 0 Å². The molecule has 1 aromatic rings. The predicted molar refractivity (Wildman–Crippen MR) is 77.9 cm³/mol. The van der Waals surface area contributed by atoms with Gasteiger partial charge < -0.3 is 5.32 Å². The lowest BCUT2D eigenvalue weighted by Gasteiger charge is -2.43. The van der Waals surface area contributed by atoms with Crippen LogP contribution in [0.4, 0.5) is 4.39 Å². The average Bonchev–Trinajstić information content (AvgIpc) is 2.37. The van der Waals surface area contributed by atoms with E-state index < -0.39 is 20.9 Å². The summed E-state index contributed by atoms with van der Waals surface area (Å²) in [4.78, 5) is -0.178. The van der Waals surface area contributed by atoms with Crippen LogP contribution < -0.4 is 5.32 Å². The van der Waals surface area contributed by atoms with Crippen molar-refractivity contribution in [2.45, 2.75) is 49.3 Å². The molecule has 0 aromatic heterocycles. The van der Waals surface area contributed by atoms with Gasteiger partial charge in [-0.3, -0.25) is 0 Å². The van der Waals surface area contributed by atoms with Gasteiger partial charge in [0.15, 0.2) is 9.84 Å². The number of sulfone groups is 1. The lowest BCUT2D eigenvalue weighted by atomic mass is 9.73. The summed E-state index contributed by atoms with van der Waals surface area (Å²) in [6.45, 7) is 4.13. The number of halogens is 1. The molecule has 2 atom stereocenters. The van der Waals surface area contributed by atoms with Gasteiger partial charge in [-0.15, -0.1) is 0 Å². The summed E-state index contributed by atoms with van der Waals surface area (Å²) in [5.74, 6) is -0.661. The van der Waals surface area contributed by atoms with Crippen molar-refractivity contribution in [3.63, 3.8) is 0 Å². The Hall–Kier alpha value is -0.940. The third kappa shape index (κ3) is 2.61. The monoisotopic (exact) mass is 299 g/mol. The summed E-state index contributed by atoms with van der Waals surface area (Å²) in [7, 11) is -1.88. The number of rotatable bonds is 3. The highest BCUT2D eigenvalue weighted by molar-refractivity contribution is 7.92. The summed E-state index contributed by atoms with van der Waals surface area (Å²) < 4.78 is 39.4. The van der Waals surface area contributed by atoms with Gasteiger partial charge in [0.25, 0.3) is 0 Å². The van der Waals surface area contributed by atoms with E-state index in [0.717, 1.165) is 12.8 Å². The Morgan fingerprint density at radius 3 is 2.55 bits per heavy atom. The molecule has 1 N–H and O–H groups in total. The van der Waals surface area contributed by atoms with Gasteiger partial charge in [0.2, 0.25) is 0 Å². The first-order valence-electron chi connectivity index (χ1n) is 6.96. The molecule has 0 radical (unpaired) electrons. The van der Waals surface area contributed by atoms with Crippen molar-refractivity contribution in [2.24, 2.45) is 5.41 Å². The molecule has 1 aliphatic carbocycles. The van der Waals surface area contributed by atoms with E-state index in [1.54, 1.807) is 13.1 Å². The normalized spacial score (nSPS) is 26.4. The Morgan fingerprint density at radius 2 is 1.95 bits per heavy atom. The highest BCUT2D eigenvalue weighted by atomic mass is 32.2. The molecule has 1 aliphatic rings. The Bertz CT molecular complexity index is 583. The Morgan fingerprint density at radius 1 is 1.30 bits per heavy atom. The van der Waals surface area contributed by atoms with Crippen molar-refractivity contribution >= 4 is 9.84 Å². The zero-order chi connectivity index (χ0) is 15.0. The third-order valence-corrected chi connectivity index (χ3v) is 6.63. The fourth-order valence-electron chi connectivity index (χ4n) is 3.33. The molecule has 2 rings (SSSR count). The summed E-state index contributed by atoms with van der Waals surface area (Å²) in [6, 6.07) is 5.47. The SMILES string of the molecule is CNC1C(S(=O)(=O)c2ccccc2F)CCCC1(C)C. The second-order valence-corrected chi connectivity index (χ2v) is 8.30. The van der Waals surface area contributed by atoms with Crippen molar-refractivity contribution in [1.82, 2.24) is 5.32 Å². The largest absolute Gasteiger partial charge is 0.315 e. The topological polar surface area (TPSA) is 46.2 Å². The van der Waals surface area contributed by atoms with Gasteiger partial charge in [0.05, 0.1) is 5.25 Å². The minimum absolute atomic E-state index is 0.115. The minimum Gasteiger partial charge on any atom is -0.315 e. The molecule has 20 heavy (non-hydrogen) atoms. The van der Waals surface area contributed by atoms with E-state index in [4.69, 9.17) is 0 Å². The number of hydrogen-bond acceptors (Lipinski definition) is 3. The van der Waals surface area contributed by atoms with Gasteiger partial charge in [0.1, 0.15) is 10.7 Å². The van der Waals surface area contributed by atoms with E-state index in [2.05, 4.69) is 19.2 Å². The molecule has 112 valence electrons. The van der Waals surface area contributed by atoms with Crippen LogP contribution in [-0.2, 0) is 9.84 Å². The molecule has 1 fully saturated rings. The first-order chi connectivity index (χ1) is 9.30. The maximum absolute atomic E-state index is 13.9. The summed E-state index contributed by atoms with van der Waals surface area (Å²) in [5.41, 5.74) is -0.115. The van der Waals surface area contributed by atoms with Crippen molar-refractivity contribution in [2.75, 3.05) is 7.05 Å². The average molecular weight is 299 g/mol. The maximum Gasteiger partial charge on any atom is 0.185 e. The number of nitrogens with one attached hydrogen (secondary N) is 1. The molecule has 0 spiro atoms. The van der Waals surface area contributed by atoms with Gasteiger partial charge in [-0.25, -0.2) is 12.8 Å². The van der Waals surface area contributed by atoms with Crippen LogP contribution in [0.1, 0.15) is 33.1 Å². The van der Waals surface area contributed by atoms with E-state index in [1.165, 1.54) is 18.2 Å². The molecule has 2 unspecified atom stereocenters. The van der Waals surface area contributed by atoms with Crippen LogP contribution in [0.15, 0.2) is 29.2 Å². The lowest BCUT2D eigenvalue weighted by molar-refractivity contribution is 0.178. The molecular weight excluding hydrogens is 277 g/mol. The summed E-state index contributed by atoms with van der Waals surface area (Å²) in [6.07, 6.45) is 2.40. The molecular formula is C15H22FNO2S. The standard InChI is InChI=1S/C15H22FNO2S/c1-15(2)10-6-9-13(14(15)17-3)20(18,19)12-8-5-4-7-11(12)16/h4-5,7-8,13-14,17H,6,9-10H2,1-3H3. The highest BCUT2D eigenvalue weighted by Crippen LogP contribution is 2.40. The predicted octanol–water partition coefficient (Wildman–Crippen LogP) is 2.77. The molecule has 0 aliphatic heterocycles. The first-order valence-corrected chi connectivity index (χ1v) is 8.51. The number of benzene rings is 1. The second kappa shape index (κ2) is 5.45. The van der Waals surface area contributed by atoms with Crippen LogP contribution in [0.3, 0.4) is 0 Å². The van der Waals surface area contributed by atoms with E-state index in [0.29, 0.717) is 6.42 Å². The van der Waals surface area contributed by atoms with Crippen LogP contribution in [0.5, 0.6) is 0 Å². The lowest BCUT2D eigenvalue weighted by Crippen LogP contribution is -2.54. The van der Waals surface area contributed by atoms with Crippen LogP contribution in [0, 0.1) is 11.2 Å². The first kappa shape index (κ1) is 15.4. The van der Waals surface area contributed by atoms with Crippen LogP contribution in [0.2, 0.25) is 0 Å². The van der Waals surface area contributed by atoms with Gasteiger partial charge in [-0.1, -0.05) is 32.4 Å². The van der Waals surface area contributed by atoms with Crippen LogP contribution in [0.25, 0.3) is 0 Å². The number of hydrogen-bond donors (Lipinski definition) is 1. The van der Waals surface area contributed by atoms with Crippen LogP contribution >= 0.6 is 0 Å². The summed E-state index contributed by atoms with van der Waals surface area (Å²) >= 11 is 0. The molecule has 1 aromatic carbocycles. The van der Waals surface area contributed by atoms with Gasteiger partial charge >= 0.3 is 0 Å². The fraction of sp³-hybridized carbons (Fsp3) is 0.600. The highest BCUT2D eigenvalue weighted by Gasteiger charge is 2.45. The molecule has 0 saturated heterocycles. The zero-order valence-corrected chi connectivity index (χ0v) is 13.0. The van der Waals surface area contributed by atoms with Crippen molar-refractivity contribution in [3.8, 4) is 0 Å². The van der Waals surface area contributed by atoms with Gasteiger partial charge in [-0.05, 0) is 37.4 Å². The molecule has 0 bridgehead atoms. The smallest absolute Gasteiger partial charge is 0.185 e. The Balaban J connectivity index is 2.46. The van der Waals surface area contributed by atoms with Crippen molar-refractivity contribution < 1.29 is 12.8 Å². The fourth-order valence-corrected chi connectivity index (χ4v) is 5.61. The minimum atomic E-state index is -3.66. The maximum atomic E-state index is 13.9. The van der Waals surface area contributed by atoms with E-state index in [9.17, 15) is 12.8 Å². The van der Waals surface area contributed by atoms with Gasteiger partial charge in [0, 0.05) is 6.04 Å². The molecule has 5 heteroatoms. The quantitative estimate of drug-likeness (QED) is 0.933. The van der Waals surface area contributed by atoms with E-state index in [-0.39, 0.29) is 16.4 Å². The Labute approximate surface area is 120 Å². The molecule has 1 saturated carbocycles. The second-order valence-electron chi connectivity index (χ2n) is 6.16. The molecule has 3 nitrogen and oxygen atoms in total. The van der Waals surface area contributed by atoms with Crippen LogP contribution in [-0.4, -0.2) is 26.8 Å². The Kier molecular flexibility index (Phi) is 4.21. The van der Waals surface area contributed by atoms with Gasteiger partial charge in [-0.2, -0.15) is 0 Å². The van der Waals surface area contributed by atoms with Crippen molar-refractivity contribution in [3.05, 3.63) is 30.1 Å². The molecule has 0 heterocycles. The molecule has 0 amide bonds. The summed E-state index contributed by atoms with van der Waals surface area (Å²) in [5, 5.41) is 2.56. The third-order valence-electron chi connectivity index (χ3n) is 4.38.